The molecular weight excluding hydrogens is 204 g/mol. The molecule has 0 aromatic carbocycles. The predicted molar refractivity (Wildman–Crippen MR) is 59.0 cm³/mol. The Morgan fingerprint density at radius 1 is 1.19 bits per heavy atom. The molecule has 0 saturated heterocycles. The van der Waals surface area contributed by atoms with E-state index < -0.39 is 5.97 Å². The van der Waals surface area contributed by atoms with Gasteiger partial charge in [0.1, 0.15) is 6.61 Å². The largest absolute Gasteiger partial charge is 0.480 e. The lowest BCUT2D eigenvalue weighted by atomic mass is 9.50. The van der Waals surface area contributed by atoms with Crippen molar-refractivity contribution < 1.29 is 14.6 Å². The first-order valence-corrected chi connectivity index (χ1v) is 6.43. The third-order valence-corrected chi connectivity index (χ3v) is 5.27. The molecule has 1 N–H and O–H groups in total. The summed E-state index contributed by atoms with van der Waals surface area (Å²) in [7, 11) is 0. The lowest BCUT2D eigenvalue weighted by molar-refractivity contribution is -0.200. The smallest absolute Gasteiger partial charge is 0.329 e. The van der Waals surface area contributed by atoms with E-state index in [-0.39, 0.29) is 12.2 Å². The first-order chi connectivity index (χ1) is 7.58. The van der Waals surface area contributed by atoms with E-state index >= 15 is 0 Å². The molecule has 0 radical (unpaired) electrons. The SMILES string of the molecule is CC1(OCC(=O)O)C2CC3CC(C2)CC1C3. The fourth-order valence-corrected chi connectivity index (χ4v) is 4.57. The average molecular weight is 224 g/mol. The summed E-state index contributed by atoms with van der Waals surface area (Å²) in [6, 6.07) is 0. The molecule has 4 saturated carbocycles. The molecule has 0 aromatic heterocycles. The van der Waals surface area contributed by atoms with Crippen LogP contribution in [0.1, 0.15) is 39.0 Å². The third-order valence-electron chi connectivity index (χ3n) is 5.27. The zero-order valence-corrected chi connectivity index (χ0v) is 9.82. The van der Waals surface area contributed by atoms with Gasteiger partial charge in [0.05, 0.1) is 5.60 Å². The predicted octanol–water partition coefficient (Wildman–Crippen LogP) is 2.30. The van der Waals surface area contributed by atoms with Gasteiger partial charge in [-0.15, -0.1) is 0 Å². The number of hydrogen-bond acceptors (Lipinski definition) is 2. The van der Waals surface area contributed by atoms with Gasteiger partial charge in [-0.2, -0.15) is 0 Å². The van der Waals surface area contributed by atoms with Gasteiger partial charge in [0, 0.05) is 0 Å². The molecule has 16 heavy (non-hydrogen) atoms. The summed E-state index contributed by atoms with van der Waals surface area (Å²) >= 11 is 0. The van der Waals surface area contributed by atoms with Crippen LogP contribution in [0.2, 0.25) is 0 Å². The maximum absolute atomic E-state index is 10.7. The average Bonchev–Trinajstić information content (AvgIpc) is 2.22. The highest BCUT2D eigenvalue weighted by atomic mass is 16.5. The van der Waals surface area contributed by atoms with E-state index in [2.05, 4.69) is 6.92 Å². The molecule has 0 atom stereocenters. The quantitative estimate of drug-likeness (QED) is 0.800. The van der Waals surface area contributed by atoms with Gasteiger partial charge in [0.25, 0.3) is 0 Å². The van der Waals surface area contributed by atoms with E-state index in [1.165, 1.54) is 32.1 Å². The molecule has 3 heteroatoms. The van der Waals surface area contributed by atoms with E-state index in [4.69, 9.17) is 9.84 Å². The molecule has 0 heterocycles. The minimum Gasteiger partial charge on any atom is -0.480 e. The Hall–Kier alpha value is -0.570. The molecule has 0 unspecified atom stereocenters. The van der Waals surface area contributed by atoms with Gasteiger partial charge in [-0.3, -0.25) is 0 Å². The molecule has 0 amide bonds. The van der Waals surface area contributed by atoms with E-state index in [0.717, 1.165) is 11.8 Å². The summed E-state index contributed by atoms with van der Waals surface area (Å²) < 4.78 is 5.77. The number of ether oxygens (including phenoxy) is 1. The zero-order chi connectivity index (χ0) is 11.3. The zero-order valence-electron chi connectivity index (χ0n) is 9.82. The van der Waals surface area contributed by atoms with Gasteiger partial charge < -0.3 is 9.84 Å². The van der Waals surface area contributed by atoms with Crippen molar-refractivity contribution in [3.8, 4) is 0 Å². The second-order valence-electron chi connectivity index (χ2n) is 6.17. The Morgan fingerprint density at radius 3 is 2.12 bits per heavy atom. The third kappa shape index (κ3) is 1.48. The topological polar surface area (TPSA) is 46.5 Å². The summed E-state index contributed by atoms with van der Waals surface area (Å²) in [5.41, 5.74) is -0.147. The maximum Gasteiger partial charge on any atom is 0.329 e. The van der Waals surface area contributed by atoms with Crippen molar-refractivity contribution in [2.24, 2.45) is 23.7 Å². The highest BCUT2D eigenvalue weighted by Gasteiger charge is 2.55. The van der Waals surface area contributed by atoms with Crippen LogP contribution in [0.5, 0.6) is 0 Å². The van der Waals surface area contributed by atoms with Crippen LogP contribution in [0.15, 0.2) is 0 Å². The Bertz CT molecular complexity index is 282. The van der Waals surface area contributed by atoms with Crippen LogP contribution in [0.4, 0.5) is 0 Å². The molecule has 0 aromatic rings. The highest BCUT2D eigenvalue weighted by Crippen LogP contribution is 2.59. The van der Waals surface area contributed by atoms with Gasteiger partial charge in [-0.25, -0.2) is 4.79 Å². The van der Waals surface area contributed by atoms with Crippen LogP contribution in [-0.2, 0) is 9.53 Å². The van der Waals surface area contributed by atoms with Crippen molar-refractivity contribution in [1.82, 2.24) is 0 Å². The lowest BCUT2D eigenvalue weighted by Crippen LogP contribution is -2.57. The van der Waals surface area contributed by atoms with Crippen molar-refractivity contribution in [3.05, 3.63) is 0 Å². The van der Waals surface area contributed by atoms with Gasteiger partial charge in [-0.1, -0.05) is 0 Å². The first-order valence-electron chi connectivity index (χ1n) is 6.43. The second kappa shape index (κ2) is 3.46. The molecule has 4 bridgehead atoms. The molecule has 0 aliphatic heterocycles. The summed E-state index contributed by atoms with van der Waals surface area (Å²) in [6.07, 6.45) is 6.49. The highest BCUT2D eigenvalue weighted by molar-refractivity contribution is 5.68. The van der Waals surface area contributed by atoms with Gasteiger partial charge in [0.15, 0.2) is 0 Å². The summed E-state index contributed by atoms with van der Waals surface area (Å²) in [5.74, 6) is 2.20. The van der Waals surface area contributed by atoms with Crippen molar-refractivity contribution >= 4 is 5.97 Å². The monoisotopic (exact) mass is 224 g/mol. The number of rotatable bonds is 3. The van der Waals surface area contributed by atoms with E-state index in [1.54, 1.807) is 0 Å². The molecular formula is C13H20O3. The van der Waals surface area contributed by atoms with Crippen LogP contribution < -0.4 is 0 Å². The van der Waals surface area contributed by atoms with E-state index in [1.807, 2.05) is 0 Å². The first kappa shape index (κ1) is 10.6. The molecule has 3 nitrogen and oxygen atoms in total. The molecule has 0 spiro atoms. The lowest BCUT2D eigenvalue weighted by Gasteiger charge is -2.59. The minimum absolute atomic E-state index is 0.126. The number of carboxylic acid groups (broad SMARTS) is 1. The Morgan fingerprint density at radius 2 is 1.69 bits per heavy atom. The maximum atomic E-state index is 10.7. The summed E-state index contributed by atoms with van der Waals surface area (Å²) in [5, 5.41) is 8.76. The van der Waals surface area contributed by atoms with Crippen molar-refractivity contribution in [1.29, 1.82) is 0 Å². The van der Waals surface area contributed by atoms with Crippen molar-refractivity contribution in [3.63, 3.8) is 0 Å². The summed E-state index contributed by atoms with van der Waals surface area (Å²) in [4.78, 5) is 10.7. The number of carboxylic acids is 1. The Balaban J connectivity index is 1.77. The van der Waals surface area contributed by atoms with Crippen molar-refractivity contribution in [2.75, 3.05) is 6.61 Å². The van der Waals surface area contributed by atoms with Crippen LogP contribution in [0, 0.1) is 23.7 Å². The fraction of sp³-hybridized carbons (Fsp3) is 0.923. The number of aliphatic carboxylic acids is 1. The standard InChI is InChI=1S/C13H20O3/c1-13(16-7-12(14)15)10-3-8-2-9(5-10)6-11(13)4-8/h8-11H,2-7H2,1H3,(H,14,15). The Labute approximate surface area is 96.2 Å². The molecule has 4 aliphatic carbocycles. The van der Waals surface area contributed by atoms with Crippen LogP contribution in [0.25, 0.3) is 0 Å². The van der Waals surface area contributed by atoms with Gasteiger partial charge in [-0.05, 0) is 62.7 Å². The van der Waals surface area contributed by atoms with Gasteiger partial charge in [0.2, 0.25) is 0 Å². The van der Waals surface area contributed by atoms with Crippen molar-refractivity contribution in [2.45, 2.75) is 44.6 Å². The van der Waals surface area contributed by atoms with Crippen LogP contribution >= 0.6 is 0 Å². The van der Waals surface area contributed by atoms with E-state index in [9.17, 15) is 4.79 Å². The van der Waals surface area contributed by atoms with Gasteiger partial charge >= 0.3 is 5.97 Å². The van der Waals surface area contributed by atoms with Crippen LogP contribution in [-0.4, -0.2) is 23.3 Å². The number of hydrogen-bond donors (Lipinski definition) is 1. The normalized spacial score (nSPS) is 49.6. The summed E-state index contributed by atoms with van der Waals surface area (Å²) in [6.45, 7) is 2.03. The van der Waals surface area contributed by atoms with E-state index in [0.29, 0.717) is 11.8 Å². The number of carbonyl (C=O) groups is 1. The Kier molecular flexibility index (Phi) is 2.29. The minimum atomic E-state index is -0.838. The second-order valence-corrected chi connectivity index (χ2v) is 6.17. The molecule has 4 fully saturated rings. The van der Waals surface area contributed by atoms with Crippen LogP contribution in [0.3, 0.4) is 0 Å². The molecule has 90 valence electrons. The molecule has 4 aliphatic rings. The molecule has 4 rings (SSSR count). The fourth-order valence-electron chi connectivity index (χ4n) is 4.57.